The molecule has 106 valence electrons. The van der Waals surface area contributed by atoms with E-state index in [4.69, 9.17) is 15.2 Å². The van der Waals surface area contributed by atoms with Crippen LogP contribution in [0, 0.1) is 0 Å². The van der Waals surface area contributed by atoms with E-state index in [1.165, 1.54) is 38.5 Å². The summed E-state index contributed by atoms with van der Waals surface area (Å²) < 4.78 is 35.2. The van der Waals surface area contributed by atoms with Gasteiger partial charge in [0.15, 0.2) is 0 Å². The number of nitrogens with two attached hydrogens (primary N) is 1. The molecule has 20 heavy (non-hydrogen) atoms. The van der Waals surface area contributed by atoms with Crippen molar-refractivity contribution in [1.82, 2.24) is 0 Å². The molecule has 2 aromatic rings. The normalized spacial score (nSPS) is 11.1. The monoisotopic (exact) mass is 293 g/mol. The molecule has 0 aliphatic heterocycles. The third kappa shape index (κ3) is 2.70. The van der Waals surface area contributed by atoms with Crippen LogP contribution in [0.1, 0.15) is 0 Å². The summed E-state index contributed by atoms with van der Waals surface area (Å²) >= 11 is 0. The number of nitrogen functional groups attached to an aromatic ring is 1. The molecule has 0 bridgehead atoms. The molecular weight excluding hydrogens is 278 g/mol. The molecule has 5 nitrogen and oxygen atoms in total. The summed E-state index contributed by atoms with van der Waals surface area (Å²) in [5.74, 6) is 0.830. The zero-order chi connectivity index (χ0) is 14.8. The molecule has 0 unspecified atom stereocenters. The SMILES string of the molecule is COc1cc(OC)cc(S(=O)(=O)c2ccc(N)cc2)c1. The molecule has 0 atom stereocenters. The van der Waals surface area contributed by atoms with Crippen LogP contribution in [0.2, 0.25) is 0 Å². The predicted molar refractivity (Wildman–Crippen MR) is 75.9 cm³/mol. The van der Waals surface area contributed by atoms with Crippen molar-refractivity contribution in [2.75, 3.05) is 20.0 Å². The number of rotatable bonds is 4. The fourth-order valence-corrected chi connectivity index (χ4v) is 3.03. The average molecular weight is 293 g/mol. The van der Waals surface area contributed by atoms with Crippen LogP contribution in [0.25, 0.3) is 0 Å². The highest BCUT2D eigenvalue weighted by Crippen LogP contribution is 2.29. The quantitative estimate of drug-likeness (QED) is 0.874. The van der Waals surface area contributed by atoms with Gasteiger partial charge in [0.2, 0.25) is 9.84 Å². The molecule has 0 saturated heterocycles. The van der Waals surface area contributed by atoms with Crippen molar-refractivity contribution in [3.8, 4) is 11.5 Å². The number of benzene rings is 2. The maximum absolute atomic E-state index is 12.5. The lowest BCUT2D eigenvalue weighted by Gasteiger charge is -2.09. The number of sulfone groups is 1. The highest BCUT2D eigenvalue weighted by molar-refractivity contribution is 7.91. The number of hydrogen-bond donors (Lipinski definition) is 1. The Balaban J connectivity index is 2.56. The molecule has 0 fully saturated rings. The fourth-order valence-electron chi connectivity index (χ4n) is 1.72. The van der Waals surface area contributed by atoms with Gasteiger partial charge in [-0.05, 0) is 36.4 Å². The first-order valence-electron chi connectivity index (χ1n) is 5.81. The topological polar surface area (TPSA) is 78.6 Å². The minimum absolute atomic E-state index is 0.110. The van der Waals surface area contributed by atoms with Crippen molar-refractivity contribution >= 4 is 15.5 Å². The molecule has 2 aromatic carbocycles. The van der Waals surface area contributed by atoms with Crippen LogP contribution in [-0.2, 0) is 9.84 Å². The van der Waals surface area contributed by atoms with Crippen LogP contribution in [0.15, 0.2) is 52.3 Å². The van der Waals surface area contributed by atoms with Gasteiger partial charge in [-0.15, -0.1) is 0 Å². The highest BCUT2D eigenvalue weighted by atomic mass is 32.2. The first-order chi connectivity index (χ1) is 9.47. The Labute approximate surface area is 117 Å². The molecule has 0 aromatic heterocycles. The number of ether oxygens (including phenoxy) is 2. The fraction of sp³-hybridized carbons (Fsp3) is 0.143. The van der Waals surface area contributed by atoms with Gasteiger partial charge in [0.25, 0.3) is 0 Å². The minimum atomic E-state index is -3.64. The summed E-state index contributed by atoms with van der Waals surface area (Å²) in [5, 5.41) is 0. The molecule has 0 radical (unpaired) electrons. The molecule has 2 rings (SSSR count). The molecule has 0 saturated carbocycles. The molecule has 0 aliphatic carbocycles. The van der Waals surface area contributed by atoms with Gasteiger partial charge in [0.1, 0.15) is 11.5 Å². The van der Waals surface area contributed by atoms with E-state index in [9.17, 15) is 8.42 Å². The van der Waals surface area contributed by atoms with Gasteiger partial charge in [-0.3, -0.25) is 0 Å². The van der Waals surface area contributed by atoms with Crippen LogP contribution in [0.3, 0.4) is 0 Å². The van der Waals surface area contributed by atoms with E-state index >= 15 is 0 Å². The summed E-state index contributed by atoms with van der Waals surface area (Å²) in [5.41, 5.74) is 6.07. The summed E-state index contributed by atoms with van der Waals surface area (Å²) in [6.07, 6.45) is 0. The first kappa shape index (κ1) is 14.2. The second kappa shape index (κ2) is 5.42. The third-order valence-electron chi connectivity index (χ3n) is 2.83. The van der Waals surface area contributed by atoms with E-state index in [1.54, 1.807) is 18.2 Å². The van der Waals surface area contributed by atoms with Gasteiger partial charge in [0, 0.05) is 11.8 Å². The van der Waals surface area contributed by atoms with Crippen molar-refractivity contribution in [3.63, 3.8) is 0 Å². The highest BCUT2D eigenvalue weighted by Gasteiger charge is 2.19. The largest absolute Gasteiger partial charge is 0.497 e. The molecule has 0 aliphatic rings. The first-order valence-corrected chi connectivity index (χ1v) is 7.29. The van der Waals surface area contributed by atoms with E-state index in [-0.39, 0.29) is 9.79 Å². The average Bonchev–Trinajstić information content (AvgIpc) is 2.47. The van der Waals surface area contributed by atoms with Crippen LogP contribution in [-0.4, -0.2) is 22.6 Å². The lowest BCUT2D eigenvalue weighted by Crippen LogP contribution is -2.03. The van der Waals surface area contributed by atoms with E-state index in [0.29, 0.717) is 17.2 Å². The van der Waals surface area contributed by atoms with Gasteiger partial charge in [0.05, 0.1) is 24.0 Å². The van der Waals surface area contributed by atoms with E-state index in [1.807, 2.05) is 0 Å². The van der Waals surface area contributed by atoms with Crippen molar-refractivity contribution < 1.29 is 17.9 Å². The minimum Gasteiger partial charge on any atom is -0.497 e. The summed E-state index contributed by atoms with van der Waals surface area (Å²) in [7, 11) is -0.703. The zero-order valence-electron chi connectivity index (χ0n) is 11.2. The van der Waals surface area contributed by atoms with Crippen molar-refractivity contribution in [2.24, 2.45) is 0 Å². The van der Waals surface area contributed by atoms with E-state index < -0.39 is 9.84 Å². The smallest absolute Gasteiger partial charge is 0.206 e. The maximum atomic E-state index is 12.5. The van der Waals surface area contributed by atoms with E-state index in [0.717, 1.165) is 0 Å². The lowest BCUT2D eigenvalue weighted by molar-refractivity contribution is 0.392. The maximum Gasteiger partial charge on any atom is 0.206 e. The van der Waals surface area contributed by atoms with Gasteiger partial charge >= 0.3 is 0 Å². The van der Waals surface area contributed by atoms with Gasteiger partial charge < -0.3 is 15.2 Å². The molecular formula is C14H15NO4S. The lowest BCUT2D eigenvalue weighted by atomic mass is 10.3. The number of hydrogen-bond acceptors (Lipinski definition) is 5. The Morgan fingerprint density at radius 3 is 1.80 bits per heavy atom. The standard InChI is InChI=1S/C14H15NO4S/c1-18-11-7-12(19-2)9-14(8-11)20(16,17)13-5-3-10(15)4-6-13/h3-9H,15H2,1-2H3. The number of anilines is 1. The zero-order valence-corrected chi connectivity index (χ0v) is 12.0. The van der Waals surface area contributed by atoms with Crippen molar-refractivity contribution in [2.45, 2.75) is 9.79 Å². The Morgan fingerprint density at radius 1 is 0.850 bits per heavy atom. The van der Waals surface area contributed by atoms with Crippen LogP contribution in [0.4, 0.5) is 5.69 Å². The van der Waals surface area contributed by atoms with Gasteiger partial charge in [-0.2, -0.15) is 0 Å². The summed E-state index contributed by atoms with van der Waals surface area (Å²) in [4.78, 5) is 0.278. The third-order valence-corrected chi connectivity index (χ3v) is 4.57. The Morgan fingerprint density at radius 2 is 1.35 bits per heavy atom. The second-order valence-corrected chi connectivity index (χ2v) is 6.07. The van der Waals surface area contributed by atoms with E-state index in [2.05, 4.69) is 0 Å². The van der Waals surface area contributed by atoms with Gasteiger partial charge in [-0.1, -0.05) is 0 Å². The van der Waals surface area contributed by atoms with Crippen molar-refractivity contribution in [3.05, 3.63) is 42.5 Å². The Kier molecular flexibility index (Phi) is 3.85. The molecule has 0 heterocycles. The van der Waals surface area contributed by atoms with Crippen LogP contribution >= 0.6 is 0 Å². The van der Waals surface area contributed by atoms with Crippen molar-refractivity contribution in [1.29, 1.82) is 0 Å². The molecule has 0 amide bonds. The molecule has 6 heteroatoms. The molecule has 2 N–H and O–H groups in total. The molecule has 0 spiro atoms. The number of methoxy groups -OCH3 is 2. The van der Waals surface area contributed by atoms with Crippen LogP contribution < -0.4 is 15.2 Å². The Hall–Kier alpha value is -2.21. The summed E-state index contributed by atoms with van der Waals surface area (Å²) in [6.45, 7) is 0. The van der Waals surface area contributed by atoms with Gasteiger partial charge in [-0.25, -0.2) is 8.42 Å². The Bertz CT molecular complexity index is 686. The second-order valence-electron chi connectivity index (χ2n) is 4.12. The summed E-state index contributed by atoms with van der Waals surface area (Å²) in [6, 6.07) is 10.5. The predicted octanol–water partition coefficient (Wildman–Crippen LogP) is 2.12. The van der Waals surface area contributed by atoms with Crippen LogP contribution in [0.5, 0.6) is 11.5 Å².